The molecule has 1 N–H and O–H groups in total. The van der Waals surface area contributed by atoms with Crippen molar-refractivity contribution in [3.05, 3.63) is 65.6 Å². The van der Waals surface area contributed by atoms with E-state index in [1.165, 1.54) is 28.7 Å². The second-order valence-electron chi connectivity index (χ2n) is 6.04. The van der Waals surface area contributed by atoms with Gasteiger partial charge < -0.3 is 5.32 Å². The van der Waals surface area contributed by atoms with Gasteiger partial charge in [-0.15, -0.1) is 0 Å². The number of nitrogens with zero attached hydrogens (tertiary/aromatic N) is 4. The van der Waals surface area contributed by atoms with Gasteiger partial charge in [-0.3, -0.25) is 4.79 Å². The second kappa shape index (κ2) is 8.73. The van der Waals surface area contributed by atoms with Crippen molar-refractivity contribution in [2.75, 3.05) is 18.4 Å². The van der Waals surface area contributed by atoms with Crippen LogP contribution in [0.1, 0.15) is 24.2 Å². The second-order valence-corrected chi connectivity index (χ2v) is 8.39. The number of sulfonamides is 1. The van der Waals surface area contributed by atoms with E-state index < -0.39 is 15.9 Å². The molecule has 8 nitrogen and oxygen atoms in total. The normalized spacial score (nSPS) is 11.6. The number of carbonyl (C=O) groups excluding carboxylic acids is 1. The number of benzene rings is 1. The number of carbonyl (C=O) groups is 1. The lowest BCUT2D eigenvalue weighted by atomic mass is 10.2. The Balaban J connectivity index is 1.84. The third kappa shape index (κ3) is 4.47. The summed E-state index contributed by atoms with van der Waals surface area (Å²) in [4.78, 5) is 16.9. The van der Waals surface area contributed by atoms with E-state index in [2.05, 4.69) is 15.4 Å². The summed E-state index contributed by atoms with van der Waals surface area (Å²) in [6.45, 7) is 4.17. The van der Waals surface area contributed by atoms with Gasteiger partial charge in [0, 0.05) is 25.5 Å². The molecule has 2 aromatic heterocycles. The van der Waals surface area contributed by atoms with Gasteiger partial charge in [0.1, 0.15) is 0 Å². The number of rotatable bonds is 7. The molecule has 10 heteroatoms. The molecule has 1 aromatic carbocycles. The molecule has 0 spiro atoms. The van der Waals surface area contributed by atoms with Gasteiger partial charge in [0.25, 0.3) is 5.91 Å². The average molecular weight is 434 g/mol. The number of hydrogen-bond acceptors (Lipinski definition) is 5. The van der Waals surface area contributed by atoms with E-state index in [9.17, 15) is 13.2 Å². The summed E-state index contributed by atoms with van der Waals surface area (Å²) in [6, 6.07) is 9.24. The Labute approximate surface area is 174 Å². The zero-order valence-electron chi connectivity index (χ0n) is 15.9. The summed E-state index contributed by atoms with van der Waals surface area (Å²) in [7, 11) is -3.70. The van der Waals surface area contributed by atoms with Crippen LogP contribution in [0.2, 0.25) is 5.02 Å². The highest BCUT2D eigenvalue weighted by atomic mass is 35.5. The standard InChI is InChI=1S/C19H20ClN5O3S/c1-3-24(4-2)29(27,28)15-7-8-17(20)16(12-15)19(26)23-14-6-9-18(21-13-14)25-11-5-10-22-25/h5-13H,3-4H2,1-2H3,(H,23,26). The monoisotopic (exact) mass is 433 g/mol. The zero-order chi connectivity index (χ0) is 21.0. The highest BCUT2D eigenvalue weighted by Crippen LogP contribution is 2.24. The van der Waals surface area contributed by atoms with Crippen LogP contribution in [-0.2, 0) is 10.0 Å². The van der Waals surface area contributed by atoms with Crippen molar-refractivity contribution in [3.63, 3.8) is 0 Å². The minimum atomic E-state index is -3.70. The molecule has 0 bridgehead atoms. The molecule has 2 heterocycles. The summed E-state index contributed by atoms with van der Waals surface area (Å²) in [6.07, 6.45) is 4.88. The van der Waals surface area contributed by atoms with Crippen LogP contribution >= 0.6 is 11.6 Å². The maximum absolute atomic E-state index is 12.7. The van der Waals surface area contributed by atoms with Crippen molar-refractivity contribution in [1.82, 2.24) is 19.1 Å². The van der Waals surface area contributed by atoms with E-state index in [0.717, 1.165) is 0 Å². The van der Waals surface area contributed by atoms with Crippen molar-refractivity contribution < 1.29 is 13.2 Å². The Bertz CT molecular complexity index is 1100. The predicted molar refractivity (Wildman–Crippen MR) is 111 cm³/mol. The van der Waals surface area contributed by atoms with Gasteiger partial charge in [-0.25, -0.2) is 18.1 Å². The molecule has 0 saturated carbocycles. The van der Waals surface area contributed by atoms with E-state index in [1.54, 1.807) is 49.1 Å². The fraction of sp³-hybridized carbons (Fsp3) is 0.211. The lowest BCUT2D eigenvalue weighted by Crippen LogP contribution is -2.30. The number of nitrogens with one attached hydrogen (secondary N) is 1. The first-order valence-electron chi connectivity index (χ1n) is 8.94. The molecule has 0 fully saturated rings. The molecule has 3 aromatic rings. The molecule has 1 amide bonds. The Morgan fingerprint density at radius 1 is 1.21 bits per heavy atom. The molecule has 0 saturated heterocycles. The quantitative estimate of drug-likeness (QED) is 0.617. The fourth-order valence-electron chi connectivity index (χ4n) is 2.75. The molecule has 3 rings (SSSR count). The molecular weight excluding hydrogens is 414 g/mol. The van der Waals surface area contributed by atoms with Crippen LogP contribution in [0.15, 0.2) is 59.9 Å². The number of halogens is 1. The summed E-state index contributed by atoms with van der Waals surface area (Å²) in [5.41, 5.74) is 0.509. The summed E-state index contributed by atoms with van der Waals surface area (Å²) in [5, 5.41) is 6.92. The smallest absolute Gasteiger partial charge is 0.257 e. The van der Waals surface area contributed by atoms with Gasteiger partial charge >= 0.3 is 0 Å². The lowest BCUT2D eigenvalue weighted by molar-refractivity contribution is 0.102. The van der Waals surface area contributed by atoms with Crippen molar-refractivity contribution in [2.24, 2.45) is 0 Å². The third-order valence-electron chi connectivity index (χ3n) is 4.27. The number of pyridine rings is 1. The molecule has 0 aliphatic carbocycles. The SMILES string of the molecule is CCN(CC)S(=O)(=O)c1ccc(Cl)c(C(=O)Nc2ccc(-n3cccn3)nc2)c1. The molecule has 0 unspecified atom stereocenters. The Kier molecular flexibility index (Phi) is 6.31. The first-order valence-corrected chi connectivity index (χ1v) is 10.8. The molecule has 0 atom stereocenters. The van der Waals surface area contributed by atoms with Crippen LogP contribution in [0.3, 0.4) is 0 Å². The van der Waals surface area contributed by atoms with Gasteiger partial charge in [-0.05, 0) is 36.4 Å². The van der Waals surface area contributed by atoms with Crippen LogP contribution in [0.25, 0.3) is 5.82 Å². The number of hydrogen-bond donors (Lipinski definition) is 1. The number of amides is 1. The number of aromatic nitrogens is 3. The van der Waals surface area contributed by atoms with E-state index in [1.807, 2.05) is 0 Å². The van der Waals surface area contributed by atoms with Crippen molar-refractivity contribution in [3.8, 4) is 5.82 Å². The Hall–Kier alpha value is -2.75. The maximum atomic E-state index is 12.7. The van der Waals surface area contributed by atoms with Gasteiger partial charge in [0.15, 0.2) is 5.82 Å². The fourth-order valence-corrected chi connectivity index (χ4v) is 4.44. The Morgan fingerprint density at radius 3 is 2.55 bits per heavy atom. The lowest BCUT2D eigenvalue weighted by Gasteiger charge is -2.19. The summed E-state index contributed by atoms with van der Waals surface area (Å²) >= 11 is 6.15. The minimum Gasteiger partial charge on any atom is -0.321 e. The Morgan fingerprint density at radius 2 is 1.97 bits per heavy atom. The maximum Gasteiger partial charge on any atom is 0.257 e. The highest BCUT2D eigenvalue weighted by Gasteiger charge is 2.24. The first kappa shape index (κ1) is 21.0. The minimum absolute atomic E-state index is 0.0166. The number of anilines is 1. The van der Waals surface area contributed by atoms with Crippen LogP contribution in [0.4, 0.5) is 5.69 Å². The van der Waals surface area contributed by atoms with E-state index in [4.69, 9.17) is 11.6 Å². The van der Waals surface area contributed by atoms with Crippen LogP contribution in [0, 0.1) is 0 Å². The highest BCUT2D eigenvalue weighted by molar-refractivity contribution is 7.89. The van der Waals surface area contributed by atoms with Gasteiger partial charge in [0.2, 0.25) is 10.0 Å². The zero-order valence-corrected chi connectivity index (χ0v) is 17.5. The van der Waals surface area contributed by atoms with Gasteiger partial charge in [-0.2, -0.15) is 9.40 Å². The molecule has 152 valence electrons. The first-order chi connectivity index (χ1) is 13.9. The molecule has 0 aliphatic rings. The van der Waals surface area contributed by atoms with Crippen LogP contribution in [0.5, 0.6) is 0 Å². The van der Waals surface area contributed by atoms with Crippen LogP contribution in [-0.4, -0.2) is 46.5 Å². The van der Waals surface area contributed by atoms with Crippen molar-refractivity contribution in [1.29, 1.82) is 0 Å². The summed E-state index contributed by atoms with van der Waals surface area (Å²) in [5.74, 6) is 0.0681. The molecule has 0 radical (unpaired) electrons. The van der Waals surface area contributed by atoms with Gasteiger partial charge in [-0.1, -0.05) is 25.4 Å². The largest absolute Gasteiger partial charge is 0.321 e. The average Bonchev–Trinajstić information content (AvgIpc) is 3.24. The van der Waals surface area contributed by atoms with E-state index in [-0.39, 0.29) is 15.5 Å². The topological polar surface area (TPSA) is 97.2 Å². The van der Waals surface area contributed by atoms with E-state index >= 15 is 0 Å². The van der Waals surface area contributed by atoms with Crippen molar-refractivity contribution in [2.45, 2.75) is 18.7 Å². The third-order valence-corrected chi connectivity index (χ3v) is 6.65. The molecule has 0 aliphatic heterocycles. The molecular formula is C19H20ClN5O3S. The van der Waals surface area contributed by atoms with Crippen LogP contribution < -0.4 is 5.32 Å². The molecule has 29 heavy (non-hydrogen) atoms. The van der Waals surface area contributed by atoms with Crippen molar-refractivity contribution >= 4 is 33.2 Å². The van der Waals surface area contributed by atoms with Gasteiger partial charge in [0.05, 0.1) is 27.4 Å². The van der Waals surface area contributed by atoms with E-state index in [0.29, 0.717) is 24.6 Å². The summed E-state index contributed by atoms with van der Waals surface area (Å²) < 4.78 is 28.3. The predicted octanol–water partition coefficient (Wildman–Crippen LogP) is 3.20.